The van der Waals surface area contributed by atoms with Crippen LogP contribution in [0.25, 0.3) is 16.9 Å². The van der Waals surface area contributed by atoms with Gasteiger partial charge in [0.2, 0.25) is 0 Å². The van der Waals surface area contributed by atoms with Gasteiger partial charge in [-0.05, 0) is 31.7 Å². The molecule has 0 radical (unpaired) electrons. The second-order valence-corrected chi connectivity index (χ2v) is 6.93. The lowest BCUT2D eigenvalue weighted by Crippen LogP contribution is -2.23. The topological polar surface area (TPSA) is 122 Å². The fraction of sp³-hybridized carbons (Fsp3) is 0.227. The predicted molar refractivity (Wildman–Crippen MR) is 116 cm³/mol. The fourth-order valence-corrected chi connectivity index (χ4v) is 2.90. The number of imidazole rings is 1. The molecule has 0 unspecified atom stereocenters. The van der Waals surface area contributed by atoms with Crippen LogP contribution in [0.5, 0.6) is 0 Å². The van der Waals surface area contributed by atoms with Crippen LogP contribution in [-0.4, -0.2) is 38.1 Å². The zero-order chi connectivity index (χ0) is 22.2. The number of carbonyl (C=O) groups excluding carboxylic acids is 1. The third-order valence-electron chi connectivity index (χ3n) is 4.54. The Morgan fingerprint density at radius 2 is 1.90 bits per heavy atom. The van der Waals surface area contributed by atoms with Gasteiger partial charge in [-0.15, -0.1) is 0 Å². The van der Waals surface area contributed by atoms with Crippen molar-refractivity contribution in [1.29, 1.82) is 0 Å². The molecular formula is C22H23N5O4. The Labute approximate surface area is 177 Å². The number of aryl methyl sites for hydroxylation is 1. The van der Waals surface area contributed by atoms with Gasteiger partial charge in [0, 0.05) is 24.2 Å². The maximum atomic E-state index is 11.9. The minimum atomic E-state index is -0.523. The number of fused-ring (bicyclic) bond motifs is 1. The number of hydrogen-bond donors (Lipinski definition) is 2. The molecule has 2 N–H and O–H groups in total. The molecular weight excluding hydrogens is 398 g/mol. The Balaban J connectivity index is 0.000000206. The molecule has 1 aromatic carbocycles. The van der Waals surface area contributed by atoms with Gasteiger partial charge in [-0.25, -0.2) is 14.3 Å². The maximum Gasteiger partial charge on any atom is 0.325 e. The van der Waals surface area contributed by atoms with Crippen LogP contribution in [0.4, 0.5) is 0 Å². The number of hydrogen-bond acceptors (Lipinski definition) is 6. The number of benzene rings is 1. The summed E-state index contributed by atoms with van der Waals surface area (Å²) in [5.74, 6) is 0.489. The highest BCUT2D eigenvalue weighted by Crippen LogP contribution is 2.42. The Bertz CT molecular complexity index is 1260. The predicted octanol–water partition coefficient (Wildman–Crippen LogP) is 2.43. The van der Waals surface area contributed by atoms with E-state index in [1.54, 1.807) is 16.9 Å². The van der Waals surface area contributed by atoms with E-state index in [2.05, 4.69) is 43.8 Å². The zero-order valence-electron chi connectivity index (χ0n) is 17.2. The van der Waals surface area contributed by atoms with E-state index in [-0.39, 0.29) is 0 Å². The van der Waals surface area contributed by atoms with Gasteiger partial charge in [0.25, 0.3) is 12.0 Å². The second kappa shape index (κ2) is 10.1. The van der Waals surface area contributed by atoms with Crippen molar-refractivity contribution in [2.24, 2.45) is 0 Å². The van der Waals surface area contributed by atoms with Crippen molar-refractivity contribution in [2.75, 3.05) is 7.11 Å². The summed E-state index contributed by atoms with van der Waals surface area (Å²) in [5.41, 5.74) is 3.18. The Kier molecular flexibility index (Phi) is 7.10. The lowest BCUT2D eigenvalue weighted by Gasteiger charge is -2.05. The van der Waals surface area contributed by atoms with Crippen LogP contribution >= 0.6 is 0 Å². The van der Waals surface area contributed by atoms with E-state index >= 15 is 0 Å². The number of aromatic amines is 2. The number of ether oxygens (including phenoxy) is 1. The molecule has 31 heavy (non-hydrogen) atoms. The first kappa shape index (κ1) is 21.7. The number of rotatable bonds is 3. The highest BCUT2D eigenvalue weighted by molar-refractivity contribution is 5.62. The molecule has 3 heterocycles. The first-order valence-electron chi connectivity index (χ1n) is 9.68. The molecule has 9 heteroatoms. The van der Waals surface area contributed by atoms with E-state index in [0.717, 1.165) is 24.1 Å². The van der Waals surface area contributed by atoms with Gasteiger partial charge in [0.15, 0.2) is 5.65 Å². The molecule has 1 saturated carbocycles. The molecule has 0 saturated heterocycles. The molecule has 4 aromatic rings. The van der Waals surface area contributed by atoms with Gasteiger partial charge in [-0.2, -0.15) is 5.10 Å². The molecule has 0 aliphatic heterocycles. The van der Waals surface area contributed by atoms with Crippen LogP contribution in [-0.2, 0) is 9.53 Å². The fourth-order valence-electron chi connectivity index (χ4n) is 2.90. The Morgan fingerprint density at radius 1 is 1.19 bits per heavy atom. The van der Waals surface area contributed by atoms with Crippen LogP contribution in [0.1, 0.15) is 29.9 Å². The Hall–Kier alpha value is -4.01. The van der Waals surface area contributed by atoms with Crippen LogP contribution in [0, 0.1) is 6.92 Å². The van der Waals surface area contributed by atoms with E-state index in [4.69, 9.17) is 4.79 Å². The van der Waals surface area contributed by atoms with Crippen LogP contribution < -0.4 is 11.2 Å². The number of methoxy groups -OCH3 is 1. The van der Waals surface area contributed by atoms with E-state index in [0.29, 0.717) is 23.6 Å². The van der Waals surface area contributed by atoms with Crippen LogP contribution in [0.3, 0.4) is 0 Å². The highest BCUT2D eigenvalue weighted by Gasteiger charge is 2.27. The normalized spacial score (nSPS) is 12.2. The summed E-state index contributed by atoms with van der Waals surface area (Å²) in [6.45, 7) is 2.46. The van der Waals surface area contributed by atoms with Crippen molar-refractivity contribution in [3.8, 4) is 11.3 Å². The van der Waals surface area contributed by atoms with Gasteiger partial charge < -0.3 is 9.72 Å². The molecule has 1 aliphatic carbocycles. The standard InChI is InChI=1S/C13H11N5O2.C7H8.C2H4O2/c19-12-9(6-15-13(20)16-12)10-5-8(7-1-2-7)11-14-3-4-18(11)17-10;1-7-5-3-2-4-6-7;1-4-2-3/h3-7H,1-2H2,(H2,15,16,19,20);2-6H,1H3;2H,1H3. The first-order valence-corrected chi connectivity index (χ1v) is 9.68. The van der Waals surface area contributed by atoms with Crippen molar-refractivity contribution in [3.05, 3.63) is 87.0 Å². The van der Waals surface area contributed by atoms with Crippen molar-refractivity contribution < 1.29 is 9.53 Å². The third kappa shape index (κ3) is 5.75. The SMILES string of the molecule is COC=O.Cc1ccccc1.O=c1[nH]cc(-c2cc(C3CC3)c3nccn3n2)c(=O)[nH]1. The van der Waals surface area contributed by atoms with E-state index in [1.807, 2.05) is 24.3 Å². The number of aromatic nitrogens is 5. The molecule has 3 aromatic heterocycles. The van der Waals surface area contributed by atoms with Crippen molar-refractivity contribution >= 4 is 12.1 Å². The number of H-pyrrole nitrogens is 2. The second-order valence-electron chi connectivity index (χ2n) is 6.93. The lowest BCUT2D eigenvalue weighted by molar-refractivity contribution is -0.126. The molecule has 0 amide bonds. The average Bonchev–Trinajstić information content (AvgIpc) is 3.51. The largest absolute Gasteiger partial charge is 0.471 e. The van der Waals surface area contributed by atoms with Crippen LogP contribution in [0.15, 0.2) is 64.6 Å². The third-order valence-corrected chi connectivity index (χ3v) is 4.54. The smallest absolute Gasteiger partial charge is 0.325 e. The molecule has 0 spiro atoms. The van der Waals surface area contributed by atoms with Crippen LogP contribution in [0.2, 0.25) is 0 Å². The minimum Gasteiger partial charge on any atom is -0.471 e. The first-order chi connectivity index (χ1) is 15.0. The summed E-state index contributed by atoms with van der Waals surface area (Å²) >= 11 is 0. The highest BCUT2D eigenvalue weighted by atomic mass is 16.5. The van der Waals surface area contributed by atoms with E-state index in [1.165, 1.54) is 18.9 Å². The summed E-state index contributed by atoms with van der Waals surface area (Å²) in [5, 5.41) is 4.38. The summed E-state index contributed by atoms with van der Waals surface area (Å²) in [6, 6.07) is 12.2. The summed E-state index contributed by atoms with van der Waals surface area (Å²) < 4.78 is 5.54. The number of carbonyl (C=O) groups is 1. The molecule has 160 valence electrons. The van der Waals surface area contributed by atoms with Gasteiger partial charge in [0.05, 0.1) is 18.4 Å². The maximum absolute atomic E-state index is 11.9. The molecule has 1 fully saturated rings. The Morgan fingerprint density at radius 3 is 2.45 bits per heavy atom. The number of nitrogens with one attached hydrogen (secondary N) is 2. The summed E-state index contributed by atoms with van der Waals surface area (Å²) in [6.07, 6.45) is 7.10. The quantitative estimate of drug-likeness (QED) is 0.490. The number of nitrogens with zero attached hydrogens (tertiary/aromatic N) is 3. The summed E-state index contributed by atoms with van der Waals surface area (Å²) in [7, 11) is 1.31. The van der Waals surface area contributed by atoms with Gasteiger partial charge in [-0.3, -0.25) is 14.6 Å². The van der Waals surface area contributed by atoms with Crippen molar-refractivity contribution in [1.82, 2.24) is 24.6 Å². The van der Waals surface area contributed by atoms with E-state index in [9.17, 15) is 9.59 Å². The van der Waals surface area contributed by atoms with Gasteiger partial charge in [0.1, 0.15) is 0 Å². The zero-order valence-corrected chi connectivity index (χ0v) is 17.2. The lowest BCUT2D eigenvalue weighted by atomic mass is 10.1. The monoisotopic (exact) mass is 421 g/mol. The molecule has 9 nitrogen and oxygen atoms in total. The molecule has 1 aliphatic rings. The average molecular weight is 421 g/mol. The molecule has 0 bridgehead atoms. The summed E-state index contributed by atoms with van der Waals surface area (Å²) in [4.78, 5) is 40.9. The molecule has 5 rings (SSSR count). The minimum absolute atomic E-state index is 0.349. The van der Waals surface area contributed by atoms with Gasteiger partial charge in [-0.1, -0.05) is 35.9 Å². The van der Waals surface area contributed by atoms with Crippen molar-refractivity contribution in [3.63, 3.8) is 0 Å². The van der Waals surface area contributed by atoms with Gasteiger partial charge >= 0.3 is 5.69 Å². The van der Waals surface area contributed by atoms with E-state index < -0.39 is 11.2 Å². The van der Waals surface area contributed by atoms with Crippen molar-refractivity contribution in [2.45, 2.75) is 25.7 Å². The molecule has 0 atom stereocenters.